The molecule has 53 heavy (non-hydrogen) atoms. The number of pyridine rings is 1. The summed E-state index contributed by atoms with van der Waals surface area (Å²) in [6.45, 7) is 13.8. The van der Waals surface area contributed by atoms with Crippen LogP contribution in [0.5, 0.6) is 6.01 Å². The third-order valence-electron chi connectivity index (χ3n) is 9.28. The average Bonchev–Trinajstić information content (AvgIpc) is 3.09. The normalized spacial score (nSPS) is 18.2. The molecule has 0 bridgehead atoms. The number of ether oxygens (including phenoxy) is 1. The quantitative estimate of drug-likeness (QED) is 0.158. The number of fused-ring (bicyclic) bond motifs is 1. The summed E-state index contributed by atoms with van der Waals surface area (Å²) in [6, 6.07) is 20.5. The maximum Gasteiger partial charge on any atom is 0.317 e. The van der Waals surface area contributed by atoms with Gasteiger partial charge < -0.3 is 25.8 Å². The molecule has 2 aromatic heterocycles. The van der Waals surface area contributed by atoms with E-state index in [-0.39, 0.29) is 36.2 Å². The number of carbonyl (C=O) groups excluding carboxylic acids is 3. The van der Waals surface area contributed by atoms with E-state index in [1.54, 1.807) is 6.07 Å². The number of benzene rings is 2. The number of piperidine rings is 1. The molecule has 1 fully saturated rings. The molecule has 12 nitrogen and oxygen atoms in total. The first kappa shape index (κ1) is 39.3. The largest absolute Gasteiger partial charge is 0.460 e. The molecular weight excluding hydrogens is 670 g/mol. The molecule has 3 amide bonds. The fourth-order valence-corrected chi connectivity index (χ4v) is 6.66. The molecule has 12 heteroatoms. The fraction of sp³-hybridized carbons (Fsp3) is 0.463. The van der Waals surface area contributed by atoms with Gasteiger partial charge in [-0.05, 0) is 77.1 Å². The van der Waals surface area contributed by atoms with Crippen LogP contribution >= 0.6 is 0 Å². The number of hydrogen-bond acceptors (Lipinski definition) is 9. The zero-order chi connectivity index (χ0) is 38.3. The van der Waals surface area contributed by atoms with Crippen LogP contribution in [0, 0.1) is 19.8 Å². The summed E-state index contributed by atoms with van der Waals surface area (Å²) in [6.07, 6.45) is -0.0863. The van der Waals surface area contributed by atoms with Gasteiger partial charge in [0.25, 0.3) is 5.91 Å². The van der Waals surface area contributed by atoms with Gasteiger partial charge in [0.1, 0.15) is 17.8 Å². The Morgan fingerprint density at radius 1 is 0.925 bits per heavy atom. The Bertz CT molecular complexity index is 1860. The Morgan fingerprint density at radius 2 is 1.60 bits per heavy atom. The lowest BCUT2D eigenvalue weighted by Gasteiger charge is -2.41. The predicted molar refractivity (Wildman–Crippen MR) is 204 cm³/mol. The van der Waals surface area contributed by atoms with Crippen molar-refractivity contribution in [3.8, 4) is 6.01 Å². The van der Waals surface area contributed by atoms with Gasteiger partial charge in [-0.2, -0.15) is 0 Å². The first-order valence-corrected chi connectivity index (χ1v) is 18.4. The van der Waals surface area contributed by atoms with Crippen molar-refractivity contribution in [2.75, 3.05) is 13.1 Å². The zero-order valence-electron chi connectivity index (χ0n) is 31.8. The second-order valence-electron chi connectivity index (χ2n) is 15.4. The van der Waals surface area contributed by atoms with E-state index in [1.165, 1.54) is 0 Å². The van der Waals surface area contributed by atoms with E-state index in [2.05, 4.69) is 30.9 Å². The van der Waals surface area contributed by atoms with Crippen LogP contribution in [-0.2, 0) is 16.0 Å². The van der Waals surface area contributed by atoms with Crippen LogP contribution in [0.25, 0.3) is 10.9 Å². The lowest BCUT2D eigenvalue weighted by molar-refractivity contribution is -0.132. The van der Waals surface area contributed by atoms with E-state index in [0.717, 1.165) is 22.3 Å². The average molecular weight is 724 g/mol. The minimum absolute atomic E-state index is 0.118. The maximum atomic E-state index is 14.0. The second-order valence-corrected chi connectivity index (χ2v) is 15.4. The number of nitrogens with one attached hydrogen (secondary N) is 3. The van der Waals surface area contributed by atoms with Crippen molar-refractivity contribution in [2.24, 2.45) is 5.92 Å². The fourth-order valence-electron chi connectivity index (χ4n) is 6.66. The number of hydrogen-bond donors (Lipinski definition) is 4. The van der Waals surface area contributed by atoms with E-state index in [4.69, 9.17) is 4.74 Å². The monoisotopic (exact) mass is 723 g/mol. The van der Waals surface area contributed by atoms with E-state index >= 15 is 0 Å². The van der Waals surface area contributed by atoms with Gasteiger partial charge in [-0.1, -0.05) is 68.4 Å². The summed E-state index contributed by atoms with van der Waals surface area (Å²) in [5.74, 6) is -1.32. The van der Waals surface area contributed by atoms with Crippen molar-refractivity contribution in [1.29, 1.82) is 0 Å². The summed E-state index contributed by atoms with van der Waals surface area (Å²) in [7, 11) is 0. The van der Waals surface area contributed by atoms with E-state index in [1.807, 2.05) is 120 Å². The summed E-state index contributed by atoms with van der Waals surface area (Å²) in [5, 5.41) is 21.9. The van der Waals surface area contributed by atoms with Crippen molar-refractivity contribution >= 4 is 28.6 Å². The molecule has 0 spiro atoms. The molecule has 4 unspecified atom stereocenters. The molecule has 5 atom stereocenters. The molecule has 5 rings (SSSR count). The van der Waals surface area contributed by atoms with Crippen LogP contribution in [0.15, 0.2) is 72.8 Å². The smallest absolute Gasteiger partial charge is 0.317 e. The van der Waals surface area contributed by atoms with Crippen LogP contribution in [0.3, 0.4) is 0 Å². The van der Waals surface area contributed by atoms with E-state index < -0.39 is 41.6 Å². The van der Waals surface area contributed by atoms with Crippen LogP contribution in [0.2, 0.25) is 0 Å². The van der Waals surface area contributed by atoms with Gasteiger partial charge in [0.2, 0.25) is 11.8 Å². The van der Waals surface area contributed by atoms with Gasteiger partial charge in [0.15, 0.2) is 0 Å². The highest BCUT2D eigenvalue weighted by molar-refractivity contribution is 5.98. The summed E-state index contributed by atoms with van der Waals surface area (Å²) in [5.41, 5.74) is 2.93. The molecule has 2 aromatic carbocycles. The van der Waals surface area contributed by atoms with E-state index in [0.29, 0.717) is 31.3 Å². The Morgan fingerprint density at radius 3 is 2.28 bits per heavy atom. The number of amides is 3. The molecule has 0 saturated carbocycles. The SMILES string of the molecule is Cc1cc(C)nc(OC2CCN(CC(O)C(Cc3ccccc3)NC(=O)[C@@H](NC(=O)c3ccc4ccccc4n3)C(C)C)C(C(=O)NC(C)(C)C)C2)n1. The molecular formula is C41H53N7O5. The highest BCUT2D eigenvalue weighted by atomic mass is 16.5. The summed E-state index contributed by atoms with van der Waals surface area (Å²) < 4.78 is 6.21. The predicted octanol–water partition coefficient (Wildman–Crippen LogP) is 4.31. The molecule has 4 N–H and O–H groups in total. The maximum absolute atomic E-state index is 14.0. The first-order valence-electron chi connectivity index (χ1n) is 18.4. The lowest BCUT2D eigenvalue weighted by atomic mass is 9.94. The van der Waals surface area contributed by atoms with Gasteiger partial charge in [-0.3, -0.25) is 19.3 Å². The van der Waals surface area contributed by atoms with Gasteiger partial charge in [-0.25, -0.2) is 15.0 Å². The number of carbonyl (C=O) groups is 3. The minimum atomic E-state index is -1.06. The van der Waals surface area contributed by atoms with Crippen LogP contribution in [0.4, 0.5) is 0 Å². The number of β-amino-alcohol motifs (C(OH)–C–C–N with tert-alkyl or cyclic N) is 1. The number of aryl methyl sites for hydroxylation is 2. The van der Waals surface area contributed by atoms with Crippen molar-refractivity contribution in [1.82, 2.24) is 35.8 Å². The number of para-hydroxylation sites is 1. The highest BCUT2D eigenvalue weighted by Gasteiger charge is 2.38. The summed E-state index contributed by atoms with van der Waals surface area (Å²) in [4.78, 5) is 56.5. The topological polar surface area (TPSA) is 159 Å². The molecule has 1 aliphatic rings. The number of aliphatic hydroxyl groups excluding tert-OH is 1. The number of aliphatic hydroxyl groups is 1. The van der Waals surface area contributed by atoms with Gasteiger partial charge in [0, 0.05) is 41.8 Å². The Balaban J connectivity index is 1.33. The Labute approximate surface area is 312 Å². The van der Waals surface area contributed by atoms with Crippen LogP contribution in [0.1, 0.15) is 74.9 Å². The summed E-state index contributed by atoms with van der Waals surface area (Å²) >= 11 is 0. The van der Waals surface area contributed by atoms with Gasteiger partial charge >= 0.3 is 6.01 Å². The second kappa shape index (κ2) is 17.3. The molecule has 1 saturated heterocycles. The third-order valence-corrected chi connectivity index (χ3v) is 9.28. The number of aromatic nitrogens is 3. The number of rotatable bonds is 13. The third kappa shape index (κ3) is 11.0. The standard InChI is InChI=1S/C41H53N7O5/c1-25(2)36(46-37(50)32-18-17-29-15-11-12-16-31(29)44-32)39(52)45-33(22-28-13-9-8-10-14-28)35(49)24-48-20-19-30(23-34(48)38(51)47-41(5,6)7)53-40-42-26(3)21-27(4)43-40/h8-18,21,25,30,33-36,49H,19-20,22-24H2,1-7H3,(H,45,52)(H,46,50)(H,47,51)/t30?,33?,34?,35?,36-/m0/s1. The highest BCUT2D eigenvalue weighted by Crippen LogP contribution is 2.24. The first-order chi connectivity index (χ1) is 25.1. The minimum Gasteiger partial charge on any atom is -0.460 e. The number of nitrogens with zero attached hydrogens (tertiary/aromatic N) is 4. The van der Waals surface area contributed by atoms with Gasteiger partial charge in [0.05, 0.1) is 23.7 Å². The molecule has 0 radical (unpaired) electrons. The molecule has 282 valence electrons. The van der Waals surface area contributed by atoms with Gasteiger partial charge in [-0.15, -0.1) is 0 Å². The molecule has 3 heterocycles. The lowest BCUT2D eigenvalue weighted by Crippen LogP contribution is -2.60. The molecule has 4 aromatic rings. The Kier molecular flexibility index (Phi) is 12.8. The van der Waals surface area contributed by atoms with Crippen molar-refractivity contribution in [3.05, 3.63) is 95.4 Å². The van der Waals surface area contributed by atoms with Crippen molar-refractivity contribution < 1.29 is 24.2 Å². The Hall–Kier alpha value is -4.94. The zero-order valence-corrected chi connectivity index (χ0v) is 31.8. The van der Waals surface area contributed by atoms with E-state index in [9.17, 15) is 19.5 Å². The van der Waals surface area contributed by atoms with Crippen LogP contribution < -0.4 is 20.7 Å². The molecule has 1 aliphatic heterocycles. The van der Waals surface area contributed by atoms with Crippen LogP contribution in [-0.4, -0.2) is 91.6 Å². The number of likely N-dealkylation sites (tertiary alicyclic amines) is 1. The molecule has 0 aliphatic carbocycles. The van der Waals surface area contributed by atoms with Crippen molar-refractivity contribution in [3.63, 3.8) is 0 Å². The van der Waals surface area contributed by atoms with Crippen molar-refractivity contribution in [2.45, 2.75) is 104 Å².